The molecule has 1 radical (unpaired) electrons. The summed E-state index contributed by atoms with van der Waals surface area (Å²) < 4.78 is 0. The maximum atomic E-state index is 3.03. The Hall–Kier alpha value is -0.235. The molecule has 0 aliphatic carbocycles. The zero-order chi connectivity index (χ0) is 6.24. The number of nitrogens with one attached hydrogen (secondary N) is 1. The van der Waals surface area contributed by atoms with Gasteiger partial charge in [0, 0.05) is 6.54 Å². The minimum Gasteiger partial charge on any atom is -0.316 e. The number of allylic oxidation sites excluding steroid dienone is 1. The highest BCUT2D eigenvalue weighted by Gasteiger charge is 1.72. The molecule has 2 heteroatoms. The molecule has 0 atom stereocenters. The second kappa shape index (κ2) is 6.76. The van der Waals surface area contributed by atoms with E-state index in [-0.39, 0.29) is 0 Å². The number of rotatable bonds is 4. The Morgan fingerprint density at radius 2 is 2.25 bits per heavy atom. The molecule has 45 valence electrons. The smallest absolute Gasteiger partial charge is 0.110 e. The lowest BCUT2D eigenvalue weighted by molar-refractivity contribution is 0.918. The van der Waals surface area contributed by atoms with Gasteiger partial charge < -0.3 is 5.32 Å². The van der Waals surface area contributed by atoms with E-state index in [0.717, 1.165) is 12.9 Å². The van der Waals surface area contributed by atoms with Crippen molar-refractivity contribution < 1.29 is 0 Å². The van der Waals surface area contributed by atoms with Crippen molar-refractivity contribution in [1.82, 2.24) is 5.32 Å². The summed E-state index contributed by atoms with van der Waals surface area (Å²) >= 11 is 0. The van der Waals surface area contributed by atoms with E-state index >= 15 is 0 Å². The SMILES string of the molecule is C[B]C/C=C\CNC. The standard InChI is InChI=1S/C6H13BN/c1-7-5-3-4-6-8-2/h3-4,8H,5-6H2,1-2H3/b4-3-. The quantitative estimate of drug-likeness (QED) is 0.419. The lowest BCUT2D eigenvalue weighted by atomic mass is 9.78. The molecule has 0 aromatic heterocycles. The van der Waals surface area contributed by atoms with Crippen LogP contribution in [0.25, 0.3) is 0 Å². The van der Waals surface area contributed by atoms with Crippen molar-refractivity contribution in [3.8, 4) is 0 Å². The van der Waals surface area contributed by atoms with Gasteiger partial charge in [-0.15, -0.1) is 0 Å². The highest BCUT2D eigenvalue weighted by Crippen LogP contribution is 1.78. The molecule has 0 bridgehead atoms. The first-order chi connectivity index (χ1) is 3.91. The molecule has 0 fully saturated rings. The summed E-state index contributed by atoms with van der Waals surface area (Å²) in [4.78, 5) is 0. The predicted molar refractivity (Wildman–Crippen MR) is 39.5 cm³/mol. The first kappa shape index (κ1) is 7.76. The Morgan fingerprint density at radius 3 is 2.75 bits per heavy atom. The van der Waals surface area contributed by atoms with E-state index in [4.69, 9.17) is 0 Å². The fourth-order valence-electron chi connectivity index (χ4n) is 0.433. The number of likely N-dealkylation sites (N-methyl/N-ethyl adjacent to an activating group) is 1. The van der Waals surface area contributed by atoms with Gasteiger partial charge in [0.05, 0.1) is 0 Å². The Labute approximate surface area is 52.4 Å². The van der Waals surface area contributed by atoms with Gasteiger partial charge in [0.2, 0.25) is 0 Å². The molecule has 1 N–H and O–H groups in total. The third-order valence-electron chi connectivity index (χ3n) is 0.860. The van der Waals surface area contributed by atoms with Crippen LogP contribution in [0.4, 0.5) is 0 Å². The van der Waals surface area contributed by atoms with Crippen LogP contribution in [0.2, 0.25) is 13.1 Å². The molecule has 0 aromatic carbocycles. The molecular formula is C6H13BN. The highest BCUT2D eigenvalue weighted by molar-refractivity contribution is 6.34. The van der Waals surface area contributed by atoms with Gasteiger partial charge in [-0.1, -0.05) is 25.3 Å². The van der Waals surface area contributed by atoms with Gasteiger partial charge in [-0.25, -0.2) is 0 Å². The van der Waals surface area contributed by atoms with Crippen molar-refractivity contribution >= 4 is 7.28 Å². The van der Waals surface area contributed by atoms with E-state index < -0.39 is 0 Å². The lowest BCUT2D eigenvalue weighted by Crippen LogP contribution is -2.03. The largest absolute Gasteiger partial charge is 0.316 e. The fourth-order valence-corrected chi connectivity index (χ4v) is 0.433. The number of hydrogen-bond donors (Lipinski definition) is 1. The van der Waals surface area contributed by atoms with Crippen LogP contribution in [-0.4, -0.2) is 20.9 Å². The lowest BCUT2D eigenvalue weighted by Gasteiger charge is -1.85. The van der Waals surface area contributed by atoms with E-state index in [1.54, 1.807) is 0 Å². The minimum atomic E-state index is 0.980. The third-order valence-corrected chi connectivity index (χ3v) is 0.860. The fraction of sp³-hybridized carbons (Fsp3) is 0.667. The zero-order valence-electron chi connectivity index (χ0n) is 5.65. The molecule has 0 aliphatic heterocycles. The van der Waals surface area contributed by atoms with Gasteiger partial charge in [0.15, 0.2) is 0 Å². The summed E-state index contributed by atoms with van der Waals surface area (Å²) in [6.07, 6.45) is 5.36. The minimum absolute atomic E-state index is 0.980. The molecule has 0 aromatic rings. The first-order valence-corrected chi connectivity index (χ1v) is 2.99. The second-order valence-electron chi connectivity index (χ2n) is 1.67. The first-order valence-electron chi connectivity index (χ1n) is 2.99. The maximum absolute atomic E-state index is 3.03. The van der Waals surface area contributed by atoms with Crippen LogP contribution in [0.5, 0.6) is 0 Å². The Morgan fingerprint density at radius 1 is 1.50 bits per heavy atom. The van der Waals surface area contributed by atoms with E-state index in [1.807, 2.05) is 7.05 Å². The van der Waals surface area contributed by atoms with Gasteiger partial charge in [0.1, 0.15) is 7.28 Å². The van der Waals surface area contributed by atoms with Gasteiger partial charge >= 0.3 is 0 Å². The molecule has 0 rings (SSSR count). The molecule has 0 spiro atoms. The topological polar surface area (TPSA) is 12.0 Å². The monoisotopic (exact) mass is 110 g/mol. The summed E-state index contributed by atoms with van der Waals surface area (Å²) in [5, 5.41) is 3.03. The van der Waals surface area contributed by atoms with Crippen LogP contribution in [-0.2, 0) is 0 Å². The van der Waals surface area contributed by atoms with Crippen molar-refractivity contribution in [2.24, 2.45) is 0 Å². The van der Waals surface area contributed by atoms with Crippen molar-refractivity contribution in [2.45, 2.75) is 13.1 Å². The predicted octanol–water partition coefficient (Wildman–Crippen LogP) is 0.933. The van der Waals surface area contributed by atoms with E-state index in [1.165, 1.54) is 0 Å². The van der Waals surface area contributed by atoms with E-state index in [2.05, 4.69) is 31.6 Å². The van der Waals surface area contributed by atoms with Crippen molar-refractivity contribution in [3.63, 3.8) is 0 Å². The summed E-state index contributed by atoms with van der Waals surface area (Å²) in [5.74, 6) is 0. The van der Waals surface area contributed by atoms with Gasteiger partial charge in [-0.05, 0) is 7.05 Å². The highest BCUT2D eigenvalue weighted by atomic mass is 14.8. The normalized spacial score (nSPS) is 10.2. The Bertz CT molecular complexity index is 53.5. The van der Waals surface area contributed by atoms with Crippen molar-refractivity contribution in [3.05, 3.63) is 12.2 Å². The molecule has 0 heterocycles. The van der Waals surface area contributed by atoms with Crippen LogP contribution < -0.4 is 5.32 Å². The summed E-state index contributed by atoms with van der Waals surface area (Å²) in [6.45, 7) is 3.04. The number of hydrogen-bond acceptors (Lipinski definition) is 1. The Kier molecular flexibility index (Phi) is 6.57. The zero-order valence-corrected chi connectivity index (χ0v) is 5.65. The maximum Gasteiger partial charge on any atom is 0.110 e. The molecule has 0 unspecified atom stereocenters. The molecule has 0 saturated heterocycles. The van der Waals surface area contributed by atoms with Gasteiger partial charge in [-0.2, -0.15) is 0 Å². The second-order valence-corrected chi connectivity index (χ2v) is 1.67. The van der Waals surface area contributed by atoms with Crippen LogP contribution >= 0.6 is 0 Å². The average Bonchev–Trinajstić information content (AvgIpc) is 1.81. The van der Waals surface area contributed by atoms with E-state index in [9.17, 15) is 0 Å². The summed E-state index contributed by atoms with van der Waals surface area (Å²) in [6, 6.07) is 0. The van der Waals surface area contributed by atoms with Crippen molar-refractivity contribution in [1.29, 1.82) is 0 Å². The van der Waals surface area contributed by atoms with Gasteiger partial charge in [-0.3, -0.25) is 0 Å². The van der Waals surface area contributed by atoms with Crippen molar-refractivity contribution in [2.75, 3.05) is 13.6 Å². The van der Waals surface area contributed by atoms with E-state index in [0.29, 0.717) is 0 Å². The third kappa shape index (κ3) is 5.76. The molecule has 0 saturated carbocycles. The molecule has 0 amide bonds. The molecular weight excluding hydrogens is 96.9 g/mol. The molecule has 0 aliphatic rings. The average molecular weight is 110 g/mol. The molecule has 8 heavy (non-hydrogen) atoms. The summed E-state index contributed by atoms with van der Waals surface area (Å²) in [5.41, 5.74) is 0. The Balaban J connectivity index is 2.83. The molecule has 1 nitrogen and oxygen atoms in total. The van der Waals surface area contributed by atoms with Crippen LogP contribution in [0.1, 0.15) is 0 Å². The van der Waals surface area contributed by atoms with Crippen LogP contribution in [0.15, 0.2) is 12.2 Å². The summed E-state index contributed by atoms with van der Waals surface area (Å²) in [7, 11) is 4.08. The van der Waals surface area contributed by atoms with Gasteiger partial charge in [0.25, 0.3) is 0 Å². The van der Waals surface area contributed by atoms with Crippen LogP contribution in [0.3, 0.4) is 0 Å². The van der Waals surface area contributed by atoms with Crippen LogP contribution in [0, 0.1) is 0 Å².